The second-order valence-electron chi connectivity index (χ2n) is 6.69. The number of hydrogen-bond donors (Lipinski definition) is 3. The van der Waals surface area contributed by atoms with Gasteiger partial charge in [0.05, 0.1) is 12.1 Å². The Bertz CT molecular complexity index is 720. The normalized spacial score (nSPS) is 19.2. The molecule has 0 saturated carbocycles. The van der Waals surface area contributed by atoms with Gasteiger partial charge in [-0.1, -0.05) is 37.7 Å². The van der Waals surface area contributed by atoms with Gasteiger partial charge in [0.25, 0.3) is 0 Å². The van der Waals surface area contributed by atoms with Gasteiger partial charge in [0.2, 0.25) is 5.91 Å². The summed E-state index contributed by atoms with van der Waals surface area (Å²) in [6.07, 6.45) is 0.0307. The molecule has 1 heterocycles. The van der Waals surface area contributed by atoms with E-state index in [2.05, 4.69) is 48.7 Å². The van der Waals surface area contributed by atoms with Gasteiger partial charge in [-0.2, -0.15) is 0 Å². The number of anilines is 1. The fourth-order valence-corrected chi connectivity index (χ4v) is 3.63. The molecule has 2 aromatic rings. The van der Waals surface area contributed by atoms with Crippen molar-refractivity contribution in [3.8, 4) is 0 Å². The van der Waals surface area contributed by atoms with Gasteiger partial charge in [0.15, 0.2) is 0 Å². The maximum Gasteiger partial charge on any atom is 0.241 e. The number of nitrogens with one attached hydrogen (secondary N) is 2. The summed E-state index contributed by atoms with van der Waals surface area (Å²) in [7, 11) is 0. The highest BCUT2D eigenvalue weighted by molar-refractivity contribution is 7.99. The van der Waals surface area contributed by atoms with Crippen LogP contribution in [0.5, 0.6) is 0 Å². The number of aliphatic hydroxyl groups is 1. The lowest BCUT2D eigenvalue weighted by Gasteiger charge is -2.11. The van der Waals surface area contributed by atoms with E-state index >= 15 is 0 Å². The van der Waals surface area contributed by atoms with Gasteiger partial charge in [-0.3, -0.25) is 4.79 Å². The number of β-amino-alcohol motifs (C(OH)–C–C–N with tert-alkyl or cyclic N) is 1. The Morgan fingerprint density at radius 3 is 2.19 bits per heavy atom. The van der Waals surface area contributed by atoms with Crippen molar-refractivity contribution in [2.24, 2.45) is 0 Å². The Morgan fingerprint density at radius 1 is 1.12 bits per heavy atom. The van der Waals surface area contributed by atoms with Crippen LogP contribution in [0.2, 0.25) is 0 Å². The number of benzene rings is 2. The van der Waals surface area contributed by atoms with E-state index in [1.54, 1.807) is 11.8 Å². The van der Waals surface area contributed by atoms with Crippen LogP contribution < -0.4 is 10.6 Å². The number of carbonyl (C=O) groups excluding carboxylic acids is 1. The molecule has 0 aliphatic carbocycles. The lowest BCUT2D eigenvalue weighted by atomic mass is 10.0. The first kappa shape index (κ1) is 20.8. The number of carbonyl (C=O) groups is 1. The Hall–Kier alpha value is -1.53. The van der Waals surface area contributed by atoms with E-state index in [1.807, 2.05) is 24.3 Å². The van der Waals surface area contributed by atoms with Crippen LogP contribution in [0.4, 0.5) is 5.69 Å². The maximum atomic E-state index is 12.1. The van der Waals surface area contributed by atoms with E-state index in [9.17, 15) is 9.90 Å². The van der Waals surface area contributed by atoms with E-state index in [4.69, 9.17) is 0 Å². The molecule has 3 rings (SSSR count). The second kappa shape index (κ2) is 9.42. The van der Waals surface area contributed by atoms with Gasteiger partial charge in [0, 0.05) is 22.0 Å². The van der Waals surface area contributed by atoms with Crippen LogP contribution in [-0.4, -0.2) is 29.7 Å². The molecule has 1 saturated heterocycles. The molecule has 2 atom stereocenters. The van der Waals surface area contributed by atoms with Crippen LogP contribution in [0, 0.1) is 0 Å². The summed E-state index contributed by atoms with van der Waals surface area (Å²) < 4.78 is 0. The van der Waals surface area contributed by atoms with Gasteiger partial charge >= 0.3 is 0 Å². The Kier molecular flexibility index (Phi) is 7.53. The molecular weight excluding hydrogens is 368 g/mol. The highest BCUT2D eigenvalue weighted by atomic mass is 35.5. The Labute approximate surface area is 165 Å². The zero-order valence-corrected chi connectivity index (χ0v) is 16.6. The van der Waals surface area contributed by atoms with E-state index in [0.717, 1.165) is 10.6 Å². The topological polar surface area (TPSA) is 61.4 Å². The number of rotatable bonds is 5. The fraction of sp³-hybridized carbons (Fsp3) is 0.350. The highest BCUT2D eigenvalue weighted by Crippen LogP contribution is 2.29. The van der Waals surface area contributed by atoms with Crippen molar-refractivity contribution in [2.45, 2.75) is 48.1 Å². The van der Waals surface area contributed by atoms with Crippen LogP contribution in [-0.2, 0) is 4.79 Å². The van der Waals surface area contributed by atoms with Crippen LogP contribution in [0.1, 0.15) is 31.7 Å². The molecule has 0 spiro atoms. The summed E-state index contributed by atoms with van der Waals surface area (Å²) in [5, 5.41) is 15.4. The van der Waals surface area contributed by atoms with E-state index < -0.39 is 6.10 Å². The molecule has 6 heteroatoms. The lowest BCUT2D eigenvalue weighted by molar-refractivity contribution is -0.117. The molecule has 1 fully saturated rings. The average molecular weight is 393 g/mol. The highest BCUT2D eigenvalue weighted by Gasteiger charge is 2.27. The van der Waals surface area contributed by atoms with Crippen molar-refractivity contribution in [3.05, 3.63) is 54.1 Å². The van der Waals surface area contributed by atoms with Gasteiger partial charge in [-0.05, 0) is 54.3 Å². The molecule has 26 heavy (non-hydrogen) atoms. The molecule has 0 aromatic heterocycles. The van der Waals surface area contributed by atoms with Gasteiger partial charge < -0.3 is 15.7 Å². The fourth-order valence-electron chi connectivity index (χ4n) is 2.81. The molecule has 1 aliphatic heterocycles. The van der Waals surface area contributed by atoms with Crippen molar-refractivity contribution in [2.75, 3.05) is 11.9 Å². The van der Waals surface area contributed by atoms with E-state index in [-0.39, 0.29) is 24.4 Å². The molecule has 3 N–H and O–H groups in total. The predicted molar refractivity (Wildman–Crippen MR) is 109 cm³/mol. The molecule has 4 nitrogen and oxygen atoms in total. The monoisotopic (exact) mass is 392 g/mol. The first-order valence-electron chi connectivity index (χ1n) is 8.61. The number of halogens is 1. The molecule has 1 aliphatic rings. The quantitative estimate of drug-likeness (QED) is 0.718. The van der Waals surface area contributed by atoms with Crippen molar-refractivity contribution in [1.82, 2.24) is 5.32 Å². The summed E-state index contributed by atoms with van der Waals surface area (Å²) in [6, 6.07) is 16.2. The molecule has 2 aromatic carbocycles. The average Bonchev–Trinajstić information content (AvgIpc) is 3.04. The van der Waals surface area contributed by atoms with Crippen molar-refractivity contribution in [1.29, 1.82) is 0 Å². The lowest BCUT2D eigenvalue weighted by Crippen LogP contribution is -2.35. The van der Waals surface area contributed by atoms with Crippen LogP contribution in [0.15, 0.2) is 58.3 Å². The summed E-state index contributed by atoms with van der Waals surface area (Å²) in [4.78, 5) is 14.5. The summed E-state index contributed by atoms with van der Waals surface area (Å²) in [6.45, 7) is 4.86. The molecule has 0 bridgehead atoms. The van der Waals surface area contributed by atoms with E-state index in [1.165, 1.54) is 10.5 Å². The third-order valence-electron chi connectivity index (χ3n) is 4.33. The molecule has 1 amide bonds. The third-order valence-corrected chi connectivity index (χ3v) is 5.34. The van der Waals surface area contributed by atoms with Crippen molar-refractivity contribution < 1.29 is 9.90 Å². The standard InChI is InChI=1S/C20H24N2O2S.ClH/c1-13(2)14-3-7-17(8-4-14)25-18-9-5-15(6-10-18)22-20(24)19-11-16(23)12-21-19;/h3-10,13,16,19,21,23H,11-12H2,1-2H3,(H,22,24);1H. The predicted octanol–water partition coefficient (Wildman–Crippen LogP) is 4.04. The summed E-state index contributed by atoms with van der Waals surface area (Å²) >= 11 is 1.70. The van der Waals surface area contributed by atoms with E-state index in [0.29, 0.717) is 18.9 Å². The SMILES string of the molecule is CC(C)c1ccc(Sc2ccc(NC(=O)C3CC(O)CN3)cc2)cc1.Cl. The minimum absolute atomic E-state index is 0. The minimum Gasteiger partial charge on any atom is -0.392 e. The zero-order chi connectivity index (χ0) is 17.8. The Morgan fingerprint density at radius 2 is 1.69 bits per heavy atom. The van der Waals surface area contributed by atoms with Crippen LogP contribution >= 0.6 is 24.2 Å². The minimum atomic E-state index is -0.434. The first-order chi connectivity index (χ1) is 12.0. The van der Waals surface area contributed by atoms with Gasteiger partial charge in [-0.15, -0.1) is 12.4 Å². The second-order valence-corrected chi connectivity index (χ2v) is 7.84. The largest absolute Gasteiger partial charge is 0.392 e. The summed E-state index contributed by atoms with van der Waals surface area (Å²) in [5.74, 6) is 0.443. The molecule has 2 unspecified atom stereocenters. The van der Waals surface area contributed by atoms with Crippen LogP contribution in [0.25, 0.3) is 0 Å². The molecule has 140 valence electrons. The molecule has 0 radical (unpaired) electrons. The zero-order valence-electron chi connectivity index (χ0n) is 14.9. The third kappa shape index (κ3) is 5.48. The van der Waals surface area contributed by atoms with Gasteiger partial charge in [0.1, 0.15) is 0 Å². The van der Waals surface area contributed by atoms with Crippen LogP contribution in [0.3, 0.4) is 0 Å². The Balaban J connectivity index is 0.00000243. The van der Waals surface area contributed by atoms with Gasteiger partial charge in [-0.25, -0.2) is 0 Å². The number of amides is 1. The number of hydrogen-bond acceptors (Lipinski definition) is 4. The van der Waals surface area contributed by atoms with Crippen molar-refractivity contribution in [3.63, 3.8) is 0 Å². The molecular formula is C20H25ClN2O2S. The van der Waals surface area contributed by atoms with Crippen molar-refractivity contribution >= 4 is 35.8 Å². The number of aliphatic hydroxyl groups excluding tert-OH is 1. The maximum absolute atomic E-state index is 12.1. The first-order valence-corrected chi connectivity index (χ1v) is 9.43. The summed E-state index contributed by atoms with van der Waals surface area (Å²) in [5.41, 5.74) is 2.11. The smallest absolute Gasteiger partial charge is 0.241 e.